The summed E-state index contributed by atoms with van der Waals surface area (Å²) in [6.45, 7) is 8.23. The Morgan fingerprint density at radius 1 is 1.37 bits per heavy atom. The fourth-order valence-electron chi connectivity index (χ4n) is 2.31. The molecule has 0 atom stereocenters. The monoisotopic (exact) mass is 264 g/mol. The van der Waals surface area contributed by atoms with Crippen molar-refractivity contribution in [3.8, 4) is 0 Å². The molecule has 1 fully saturated rings. The van der Waals surface area contributed by atoms with Gasteiger partial charge in [-0.05, 0) is 28.7 Å². The maximum atomic E-state index is 13.6. The van der Waals surface area contributed by atoms with E-state index in [4.69, 9.17) is 5.73 Å². The minimum absolute atomic E-state index is 0.0457. The number of hydrogen-bond donors (Lipinski definition) is 1. The van der Waals surface area contributed by atoms with Gasteiger partial charge in [0, 0.05) is 19.6 Å². The molecule has 0 aromatic heterocycles. The van der Waals surface area contributed by atoms with E-state index in [1.54, 1.807) is 12.1 Å². The number of carbonyl (C=O) groups excluding carboxylic acids is 1. The molecule has 1 aromatic rings. The molecule has 0 spiro atoms. The third kappa shape index (κ3) is 3.32. The fourth-order valence-corrected chi connectivity index (χ4v) is 2.31. The van der Waals surface area contributed by atoms with E-state index < -0.39 is 0 Å². The normalized spacial score (nSPS) is 17.3. The van der Waals surface area contributed by atoms with Gasteiger partial charge in [0.25, 0.3) is 0 Å². The minimum atomic E-state index is -0.245. The van der Waals surface area contributed by atoms with Gasteiger partial charge in [0.1, 0.15) is 5.82 Å². The summed E-state index contributed by atoms with van der Waals surface area (Å²) in [6, 6.07) is 5.19. The molecule has 1 saturated heterocycles. The van der Waals surface area contributed by atoms with Crippen molar-refractivity contribution < 1.29 is 9.18 Å². The van der Waals surface area contributed by atoms with Crippen LogP contribution in [0.3, 0.4) is 0 Å². The Balaban J connectivity index is 2.06. The van der Waals surface area contributed by atoms with Crippen LogP contribution in [0.1, 0.15) is 31.9 Å². The molecule has 0 unspecified atom stereocenters. The Hall–Kier alpha value is -1.42. The summed E-state index contributed by atoms with van der Waals surface area (Å²) >= 11 is 0. The van der Waals surface area contributed by atoms with Crippen molar-refractivity contribution in [3.63, 3.8) is 0 Å². The third-order valence-electron chi connectivity index (χ3n) is 3.59. The first-order chi connectivity index (χ1) is 8.75. The van der Waals surface area contributed by atoms with E-state index >= 15 is 0 Å². The van der Waals surface area contributed by atoms with Crippen molar-refractivity contribution in [1.29, 1.82) is 0 Å². The van der Waals surface area contributed by atoms with Gasteiger partial charge in [0.2, 0.25) is 5.91 Å². The van der Waals surface area contributed by atoms with Crippen LogP contribution in [0.4, 0.5) is 4.39 Å². The van der Waals surface area contributed by atoms with Crippen LogP contribution in [0.25, 0.3) is 0 Å². The van der Waals surface area contributed by atoms with Crippen LogP contribution in [0.15, 0.2) is 18.2 Å². The second-order valence-corrected chi connectivity index (χ2v) is 6.39. The zero-order valence-corrected chi connectivity index (χ0v) is 11.7. The van der Waals surface area contributed by atoms with Crippen molar-refractivity contribution in [2.45, 2.75) is 32.7 Å². The predicted molar refractivity (Wildman–Crippen MR) is 73.1 cm³/mol. The van der Waals surface area contributed by atoms with Crippen LogP contribution in [0.5, 0.6) is 0 Å². The molecule has 1 aromatic carbocycles. The summed E-state index contributed by atoms with van der Waals surface area (Å²) in [5.41, 5.74) is 7.11. The molecule has 1 heterocycles. The number of carbonyl (C=O) groups is 1. The van der Waals surface area contributed by atoms with Crippen molar-refractivity contribution in [1.82, 2.24) is 4.90 Å². The molecule has 104 valence electrons. The molecule has 0 aliphatic carbocycles. The molecule has 4 heteroatoms. The molecule has 1 amide bonds. The first-order valence-electron chi connectivity index (χ1n) is 6.57. The number of halogens is 1. The van der Waals surface area contributed by atoms with E-state index in [9.17, 15) is 9.18 Å². The van der Waals surface area contributed by atoms with E-state index in [1.807, 2.05) is 6.07 Å². The standard InChI is InChI=1S/C15H21FN2O/c1-15(2,3)12-4-10(5-13(16)6-12)7-18-8-11(9-18)14(17)19/h4-6,11H,7-9H2,1-3H3,(H2,17,19). The summed E-state index contributed by atoms with van der Waals surface area (Å²) in [5.74, 6) is -0.490. The second kappa shape index (κ2) is 4.93. The van der Waals surface area contributed by atoms with E-state index in [0.717, 1.165) is 11.1 Å². The molecule has 2 N–H and O–H groups in total. The van der Waals surface area contributed by atoms with E-state index in [1.165, 1.54) is 0 Å². The molecule has 19 heavy (non-hydrogen) atoms. The summed E-state index contributed by atoms with van der Waals surface area (Å²) in [6.07, 6.45) is 0. The van der Waals surface area contributed by atoms with Crippen LogP contribution in [0.2, 0.25) is 0 Å². The molecule has 3 nitrogen and oxygen atoms in total. The van der Waals surface area contributed by atoms with Crippen LogP contribution in [-0.2, 0) is 16.8 Å². The minimum Gasteiger partial charge on any atom is -0.369 e. The summed E-state index contributed by atoms with van der Waals surface area (Å²) in [4.78, 5) is 13.1. The Labute approximate surface area is 113 Å². The molecule has 2 rings (SSSR count). The van der Waals surface area contributed by atoms with Gasteiger partial charge < -0.3 is 5.73 Å². The lowest BCUT2D eigenvalue weighted by atomic mass is 9.86. The maximum absolute atomic E-state index is 13.6. The van der Waals surface area contributed by atoms with Gasteiger partial charge in [-0.3, -0.25) is 9.69 Å². The number of likely N-dealkylation sites (tertiary alicyclic amines) is 1. The Morgan fingerprint density at radius 3 is 2.53 bits per heavy atom. The van der Waals surface area contributed by atoms with Crippen molar-refractivity contribution in [3.05, 3.63) is 35.1 Å². The number of primary amides is 1. The number of nitrogens with two attached hydrogens (primary N) is 1. The lowest BCUT2D eigenvalue weighted by Crippen LogP contribution is -2.51. The highest BCUT2D eigenvalue weighted by molar-refractivity contribution is 5.78. The lowest BCUT2D eigenvalue weighted by molar-refractivity contribution is -0.127. The summed E-state index contributed by atoms with van der Waals surface area (Å²) in [5, 5.41) is 0. The average Bonchev–Trinajstić information content (AvgIpc) is 2.20. The molecule has 0 saturated carbocycles. The van der Waals surface area contributed by atoms with Gasteiger partial charge in [-0.15, -0.1) is 0 Å². The van der Waals surface area contributed by atoms with Gasteiger partial charge >= 0.3 is 0 Å². The van der Waals surface area contributed by atoms with Gasteiger partial charge in [-0.25, -0.2) is 4.39 Å². The summed E-state index contributed by atoms with van der Waals surface area (Å²) < 4.78 is 13.6. The SMILES string of the molecule is CC(C)(C)c1cc(F)cc(CN2CC(C(N)=O)C2)c1. The van der Waals surface area contributed by atoms with Crippen LogP contribution in [-0.4, -0.2) is 23.9 Å². The molecular formula is C15H21FN2O. The Kier molecular flexibility index (Phi) is 3.63. The number of amides is 1. The van der Waals surface area contributed by atoms with Gasteiger partial charge in [0.15, 0.2) is 0 Å². The highest BCUT2D eigenvalue weighted by atomic mass is 19.1. The second-order valence-electron chi connectivity index (χ2n) is 6.39. The van der Waals surface area contributed by atoms with Crippen molar-refractivity contribution in [2.24, 2.45) is 11.7 Å². The lowest BCUT2D eigenvalue weighted by Gasteiger charge is -2.37. The third-order valence-corrected chi connectivity index (χ3v) is 3.59. The van der Waals surface area contributed by atoms with Gasteiger partial charge in [0.05, 0.1) is 5.92 Å². The van der Waals surface area contributed by atoms with Gasteiger partial charge in [-0.2, -0.15) is 0 Å². The van der Waals surface area contributed by atoms with E-state index in [-0.39, 0.29) is 23.1 Å². The zero-order chi connectivity index (χ0) is 14.2. The van der Waals surface area contributed by atoms with Crippen LogP contribution >= 0.6 is 0 Å². The van der Waals surface area contributed by atoms with Crippen molar-refractivity contribution in [2.75, 3.05) is 13.1 Å². The topological polar surface area (TPSA) is 46.3 Å². The molecular weight excluding hydrogens is 243 g/mol. The van der Waals surface area contributed by atoms with Gasteiger partial charge in [-0.1, -0.05) is 26.8 Å². The quantitative estimate of drug-likeness (QED) is 0.908. The van der Waals surface area contributed by atoms with Crippen molar-refractivity contribution >= 4 is 5.91 Å². The van der Waals surface area contributed by atoms with E-state index in [2.05, 4.69) is 25.7 Å². The molecule has 1 aliphatic rings. The molecule has 0 radical (unpaired) electrons. The van der Waals surface area contributed by atoms with Crippen LogP contribution < -0.4 is 5.73 Å². The highest BCUT2D eigenvalue weighted by Crippen LogP contribution is 2.26. The smallest absolute Gasteiger partial charge is 0.223 e. The number of hydrogen-bond acceptors (Lipinski definition) is 2. The number of rotatable bonds is 3. The Morgan fingerprint density at radius 2 is 2.00 bits per heavy atom. The highest BCUT2D eigenvalue weighted by Gasteiger charge is 2.30. The zero-order valence-electron chi connectivity index (χ0n) is 11.7. The first-order valence-corrected chi connectivity index (χ1v) is 6.57. The number of nitrogens with zero attached hydrogens (tertiary/aromatic N) is 1. The fraction of sp³-hybridized carbons (Fsp3) is 0.533. The predicted octanol–water partition coefficient (Wildman–Crippen LogP) is 2.04. The Bertz CT molecular complexity index is 487. The average molecular weight is 264 g/mol. The van der Waals surface area contributed by atoms with Crippen LogP contribution in [0, 0.1) is 11.7 Å². The molecule has 0 bridgehead atoms. The summed E-state index contributed by atoms with van der Waals surface area (Å²) in [7, 11) is 0. The number of benzene rings is 1. The molecule has 1 aliphatic heterocycles. The van der Waals surface area contributed by atoms with E-state index in [0.29, 0.717) is 19.6 Å². The maximum Gasteiger partial charge on any atom is 0.223 e. The first kappa shape index (κ1) is 14.0. The largest absolute Gasteiger partial charge is 0.369 e.